The Morgan fingerprint density at radius 1 is 1.03 bits per heavy atom. The van der Waals surface area contributed by atoms with Gasteiger partial charge in [0.05, 0.1) is 19.2 Å². The van der Waals surface area contributed by atoms with Crippen LogP contribution < -0.4 is 14.2 Å². The zero-order valence-corrected chi connectivity index (χ0v) is 19.1. The molecule has 0 atom stereocenters. The summed E-state index contributed by atoms with van der Waals surface area (Å²) in [5, 5.41) is 0.240. The van der Waals surface area contributed by atoms with Crippen LogP contribution in [-0.2, 0) is 23.0 Å². The molecule has 0 radical (unpaired) electrons. The van der Waals surface area contributed by atoms with Crippen molar-refractivity contribution in [3.05, 3.63) is 52.5 Å². The number of hydrogen-bond donors (Lipinski definition) is 1. The lowest BCUT2D eigenvalue weighted by atomic mass is 9.98. The van der Waals surface area contributed by atoms with Crippen LogP contribution in [0.3, 0.4) is 0 Å². The molecule has 6 nitrogen and oxygen atoms in total. The molecule has 0 saturated carbocycles. The van der Waals surface area contributed by atoms with E-state index in [0.29, 0.717) is 6.54 Å². The summed E-state index contributed by atoms with van der Waals surface area (Å²) < 4.78 is 38.1. The van der Waals surface area contributed by atoms with E-state index < -0.39 is 10.0 Å². The van der Waals surface area contributed by atoms with E-state index in [1.54, 1.807) is 32.4 Å². The maximum Gasteiger partial charge on any atom is 0.242 e. The van der Waals surface area contributed by atoms with Crippen LogP contribution in [0.4, 0.5) is 0 Å². The largest absolute Gasteiger partial charge is 0.493 e. The second-order valence-electron chi connectivity index (χ2n) is 7.39. The fourth-order valence-corrected chi connectivity index (χ4v) is 5.31. The van der Waals surface area contributed by atoms with Gasteiger partial charge in [0.25, 0.3) is 0 Å². The molecule has 1 heterocycles. The quantitative estimate of drug-likeness (QED) is 0.554. The number of nitrogens with one attached hydrogen (secondary N) is 1. The Kier molecular flexibility index (Phi) is 7.99. The van der Waals surface area contributed by atoms with Crippen molar-refractivity contribution in [2.75, 3.05) is 33.9 Å². The van der Waals surface area contributed by atoms with Gasteiger partial charge in [-0.1, -0.05) is 30.2 Å². The lowest BCUT2D eigenvalue weighted by Gasteiger charge is -2.29. The van der Waals surface area contributed by atoms with Gasteiger partial charge in [-0.3, -0.25) is 4.90 Å². The fourth-order valence-electron chi connectivity index (χ4n) is 3.72. The maximum absolute atomic E-state index is 12.3. The molecule has 0 unspecified atom stereocenters. The zero-order chi connectivity index (χ0) is 21.6. The monoisotopic (exact) mass is 452 g/mol. The van der Waals surface area contributed by atoms with Gasteiger partial charge in [-0.2, -0.15) is 0 Å². The summed E-state index contributed by atoms with van der Waals surface area (Å²) in [5.41, 5.74) is 2.60. The summed E-state index contributed by atoms with van der Waals surface area (Å²) in [7, 11) is -0.241. The Labute approximate surface area is 184 Å². The first-order valence-corrected chi connectivity index (χ1v) is 12.0. The highest BCUT2D eigenvalue weighted by Gasteiger charge is 2.19. The van der Waals surface area contributed by atoms with E-state index in [9.17, 15) is 8.42 Å². The predicted molar refractivity (Wildman–Crippen MR) is 119 cm³/mol. The van der Waals surface area contributed by atoms with Gasteiger partial charge < -0.3 is 9.47 Å². The van der Waals surface area contributed by atoms with Gasteiger partial charge in [0.15, 0.2) is 11.5 Å². The van der Waals surface area contributed by atoms with Crippen LogP contribution in [0, 0.1) is 0 Å². The lowest BCUT2D eigenvalue weighted by Crippen LogP contribution is -2.31. The number of fused-ring (bicyclic) bond motifs is 1. The van der Waals surface area contributed by atoms with Gasteiger partial charge in [0.2, 0.25) is 10.0 Å². The molecular weight excluding hydrogens is 424 g/mol. The fraction of sp³-hybridized carbons (Fsp3) is 0.455. The molecule has 0 spiro atoms. The Balaban J connectivity index is 1.41. The van der Waals surface area contributed by atoms with Crippen LogP contribution in [0.25, 0.3) is 0 Å². The van der Waals surface area contributed by atoms with E-state index in [-0.39, 0.29) is 9.92 Å². The van der Waals surface area contributed by atoms with Crippen molar-refractivity contribution in [3.63, 3.8) is 0 Å². The average molecular weight is 453 g/mol. The Hall–Kier alpha value is -1.80. The number of benzene rings is 2. The molecule has 1 N–H and O–H groups in total. The van der Waals surface area contributed by atoms with Crippen LogP contribution >= 0.6 is 11.6 Å². The highest BCUT2D eigenvalue weighted by molar-refractivity contribution is 7.89. The standard InChI is InChI=1S/C22H29ClN2O4S/c1-28-20-14-17-10-13-25(16-18(17)15-21(20)29-2)12-7-3-6-11-24-30(26,27)22-9-5-4-8-19(22)23/h4-5,8-9,14-15,24H,3,6-7,10-13,16H2,1-2H3. The molecule has 1 aliphatic heterocycles. The van der Waals surface area contributed by atoms with Crippen LogP contribution in [-0.4, -0.2) is 47.2 Å². The average Bonchev–Trinajstić information content (AvgIpc) is 2.75. The van der Waals surface area contributed by atoms with Crippen LogP contribution in [0.15, 0.2) is 41.3 Å². The summed E-state index contributed by atoms with van der Waals surface area (Å²) >= 11 is 5.99. The number of unbranched alkanes of at least 4 members (excludes halogenated alkanes) is 2. The molecule has 8 heteroatoms. The van der Waals surface area contributed by atoms with E-state index in [2.05, 4.69) is 21.8 Å². The minimum atomic E-state index is -3.56. The zero-order valence-electron chi connectivity index (χ0n) is 17.5. The van der Waals surface area contributed by atoms with Crippen molar-refractivity contribution < 1.29 is 17.9 Å². The van der Waals surface area contributed by atoms with Crippen molar-refractivity contribution in [1.82, 2.24) is 9.62 Å². The van der Waals surface area contributed by atoms with Crippen molar-refractivity contribution >= 4 is 21.6 Å². The smallest absolute Gasteiger partial charge is 0.242 e. The van der Waals surface area contributed by atoms with Gasteiger partial charge in [-0.05, 0) is 61.2 Å². The van der Waals surface area contributed by atoms with Crippen molar-refractivity contribution in [2.45, 2.75) is 37.1 Å². The topological polar surface area (TPSA) is 67.9 Å². The number of halogens is 1. The third-order valence-electron chi connectivity index (χ3n) is 5.37. The summed E-state index contributed by atoms with van der Waals surface area (Å²) in [6, 6.07) is 10.6. The minimum absolute atomic E-state index is 0.130. The third kappa shape index (κ3) is 5.66. The van der Waals surface area contributed by atoms with Gasteiger partial charge in [0, 0.05) is 19.6 Å². The lowest BCUT2D eigenvalue weighted by molar-refractivity contribution is 0.247. The summed E-state index contributed by atoms with van der Waals surface area (Å²) in [5.74, 6) is 1.55. The van der Waals surface area contributed by atoms with Gasteiger partial charge in [-0.25, -0.2) is 13.1 Å². The van der Waals surface area contributed by atoms with E-state index >= 15 is 0 Å². The molecule has 0 aromatic heterocycles. The van der Waals surface area contributed by atoms with Crippen LogP contribution in [0.1, 0.15) is 30.4 Å². The molecule has 2 aromatic carbocycles. The van der Waals surface area contributed by atoms with E-state index in [4.69, 9.17) is 21.1 Å². The number of nitrogens with zero attached hydrogens (tertiary/aromatic N) is 1. The van der Waals surface area contributed by atoms with Crippen LogP contribution in [0.2, 0.25) is 5.02 Å². The molecule has 1 aliphatic rings. The molecule has 0 bridgehead atoms. The molecule has 3 rings (SSSR count). The number of sulfonamides is 1. The number of methoxy groups -OCH3 is 2. The molecule has 0 aliphatic carbocycles. The Bertz CT molecular complexity index is 966. The second kappa shape index (κ2) is 10.5. The molecule has 0 fully saturated rings. The molecule has 0 amide bonds. The SMILES string of the molecule is COc1cc2c(cc1OC)CN(CCCCCNS(=O)(=O)c1ccccc1Cl)CC2. The number of hydrogen-bond acceptors (Lipinski definition) is 5. The van der Waals surface area contributed by atoms with E-state index in [0.717, 1.165) is 56.8 Å². The van der Waals surface area contributed by atoms with Crippen molar-refractivity contribution in [2.24, 2.45) is 0 Å². The molecular formula is C22H29ClN2O4S. The molecule has 30 heavy (non-hydrogen) atoms. The maximum atomic E-state index is 12.3. The highest BCUT2D eigenvalue weighted by Crippen LogP contribution is 2.33. The minimum Gasteiger partial charge on any atom is -0.493 e. The van der Waals surface area contributed by atoms with E-state index in [1.165, 1.54) is 17.2 Å². The van der Waals surface area contributed by atoms with Crippen molar-refractivity contribution in [3.8, 4) is 11.5 Å². The molecule has 164 valence electrons. The first-order chi connectivity index (χ1) is 14.4. The number of ether oxygens (including phenoxy) is 2. The summed E-state index contributed by atoms with van der Waals surface area (Å²) in [6.07, 6.45) is 3.77. The second-order valence-corrected chi connectivity index (χ2v) is 9.53. The number of rotatable bonds is 10. The molecule has 2 aromatic rings. The first kappa shape index (κ1) is 22.9. The van der Waals surface area contributed by atoms with Gasteiger partial charge in [0.1, 0.15) is 4.90 Å². The Morgan fingerprint density at radius 2 is 1.73 bits per heavy atom. The van der Waals surface area contributed by atoms with E-state index in [1.807, 2.05) is 0 Å². The summed E-state index contributed by atoms with van der Waals surface area (Å²) in [6.45, 7) is 3.31. The van der Waals surface area contributed by atoms with Gasteiger partial charge in [-0.15, -0.1) is 0 Å². The predicted octanol–water partition coefficient (Wildman–Crippen LogP) is 3.86. The van der Waals surface area contributed by atoms with Crippen LogP contribution in [0.5, 0.6) is 11.5 Å². The Morgan fingerprint density at radius 3 is 2.43 bits per heavy atom. The molecule has 0 saturated heterocycles. The summed E-state index contributed by atoms with van der Waals surface area (Å²) in [4.78, 5) is 2.56. The first-order valence-electron chi connectivity index (χ1n) is 10.1. The highest BCUT2D eigenvalue weighted by atomic mass is 35.5. The third-order valence-corrected chi connectivity index (χ3v) is 7.33. The van der Waals surface area contributed by atoms with Crippen molar-refractivity contribution in [1.29, 1.82) is 0 Å². The normalized spacial score (nSPS) is 14.4. The van der Waals surface area contributed by atoms with Gasteiger partial charge >= 0.3 is 0 Å².